The van der Waals surface area contributed by atoms with E-state index in [1.54, 1.807) is 0 Å². The molecule has 0 saturated carbocycles. The van der Waals surface area contributed by atoms with Gasteiger partial charge in [-0.1, -0.05) is 0 Å². The number of H-pyrrole nitrogens is 1. The number of carbonyl (C=O) groups is 2. The first-order chi connectivity index (χ1) is 12.8. The Labute approximate surface area is 154 Å². The van der Waals surface area contributed by atoms with Crippen molar-refractivity contribution in [3.63, 3.8) is 0 Å². The van der Waals surface area contributed by atoms with Crippen LogP contribution in [0.4, 0.5) is 10.1 Å². The molecular weight excluding hydrogens is 351 g/mol. The molecule has 1 aromatic heterocycles. The van der Waals surface area contributed by atoms with Gasteiger partial charge < -0.3 is 20.5 Å². The highest BCUT2D eigenvalue weighted by Crippen LogP contribution is 2.33. The van der Waals surface area contributed by atoms with Crippen LogP contribution in [0.1, 0.15) is 21.6 Å². The fourth-order valence-corrected chi connectivity index (χ4v) is 2.70. The number of aromatic amines is 1. The molecule has 0 bridgehead atoms. The Morgan fingerprint density at radius 2 is 2.00 bits per heavy atom. The van der Waals surface area contributed by atoms with Gasteiger partial charge in [0.25, 0.3) is 17.4 Å². The van der Waals surface area contributed by atoms with E-state index in [1.165, 1.54) is 36.4 Å². The summed E-state index contributed by atoms with van der Waals surface area (Å²) in [6, 6.07) is 6.92. The number of benzene rings is 1. The van der Waals surface area contributed by atoms with E-state index in [4.69, 9.17) is 0 Å². The molecule has 8 heteroatoms. The molecule has 140 valence electrons. The van der Waals surface area contributed by atoms with Crippen molar-refractivity contribution in [1.29, 1.82) is 0 Å². The van der Waals surface area contributed by atoms with Gasteiger partial charge in [-0.05, 0) is 50.5 Å². The van der Waals surface area contributed by atoms with Gasteiger partial charge in [-0.3, -0.25) is 14.4 Å². The standard InChI is InChI=1S/C19H19FN4O3/c1-24(2)8-7-21-17(25)13-5-4-12(22-18(13)26)10-15-14-9-11(20)3-6-16(14)23-19(15)27/h3-6,9-10H,7-8H2,1-2H3,(H,21,25)(H,22,26)(H,23,27)/b15-10-. The number of nitrogens with one attached hydrogen (secondary N) is 3. The van der Waals surface area contributed by atoms with Crippen LogP contribution in [0, 0.1) is 5.82 Å². The number of hydrogen-bond acceptors (Lipinski definition) is 4. The lowest BCUT2D eigenvalue weighted by Gasteiger charge is -2.10. The highest BCUT2D eigenvalue weighted by molar-refractivity contribution is 6.34. The van der Waals surface area contributed by atoms with Crippen molar-refractivity contribution in [2.24, 2.45) is 0 Å². The van der Waals surface area contributed by atoms with Crippen molar-refractivity contribution >= 4 is 29.2 Å². The molecule has 2 aromatic rings. The third-order valence-corrected chi connectivity index (χ3v) is 4.09. The minimum absolute atomic E-state index is 0.0155. The summed E-state index contributed by atoms with van der Waals surface area (Å²) in [4.78, 5) is 40.9. The van der Waals surface area contributed by atoms with Gasteiger partial charge in [0.2, 0.25) is 0 Å². The lowest BCUT2D eigenvalue weighted by atomic mass is 10.1. The normalized spacial score (nSPS) is 14.4. The predicted molar refractivity (Wildman–Crippen MR) is 101 cm³/mol. The average Bonchev–Trinajstić information content (AvgIpc) is 2.90. The van der Waals surface area contributed by atoms with E-state index in [9.17, 15) is 18.8 Å². The van der Waals surface area contributed by atoms with Crippen molar-refractivity contribution in [3.8, 4) is 0 Å². The van der Waals surface area contributed by atoms with Crippen LogP contribution in [0.5, 0.6) is 0 Å². The molecule has 27 heavy (non-hydrogen) atoms. The summed E-state index contributed by atoms with van der Waals surface area (Å²) in [6.07, 6.45) is 1.45. The number of anilines is 1. The van der Waals surface area contributed by atoms with Crippen molar-refractivity contribution < 1.29 is 14.0 Å². The van der Waals surface area contributed by atoms with E-state index in [1.807, 2.05) is 19.0 Å². The van der Waals surface area contributed by atoms with Crippen LogP contribution < -0.4 is 16.2 Å². The summed E-state index contributed by atoms with van der Waals surface area (Å²) in [7, 11) is 3.76. The van der Waals surface area contributed by atoms with Gasteiger partial charge in [-0.15, -0.1) is 0 Å². The van der Waals surface area contributed by atoms with Crippen molar-refractivity contribution in [2.45, 2.75) is 0 Å². The number of hydrogen-bond donors (Lipinski definition) is 3. The Hall–Kier alpha value is -3.26. The Balaban J connectivity index is 1.84. The maximum atomic E-state index is 13.5. The zero-order chi connectivity index (χ0) is 19.6. The largest absolute Gasteiger partial charge is 0.351 e. The van der Waals surface area contributed by atoms with Crippen LogP contribution in [0.15, 0.2) is 35.1 Å². The van der Waals surface area contributed by atoms with Crippen molar-refractivity contribution in [3.05, 3.63) is 63.3 Å². The third kappa shape index (κ3) is 4.12. The van der Waals surface area contributed by atoms with E-state index in [2.05, 4.69) is 15.6 Å². The Morgan fingerprint density at radius 3 is 2.70 bits per heavy atom. The lowest BCUT2D eigenvalue weighted by Crippen LogP contribution is -2.34. The summed E-state index contributed by atoms with van der Waals surface area (Å²) in [5.74, 6) is -1.32. The van der Waals surface area contributed by atoms with Crippen LogP contribution in [0.3, 0.4) is 0 Å². The fourth-order valence-electron chi connectivity index (χ4n) is 2.70. The van der Waals surface area contributed by atoms with Gasteiger partial charge in [0.15, 0.2) is 0 Å². The lowest BCUT2D eigenvalue weighted by molar-refractivity contribution is -0.110. The number of nitrogens with zero attached hydrogens (tertiary/aromatic N) is 1. The molecule has 0 saturated heterocycles. The van der Waals surface area contributed by atoms with Crippen LogP contribution >= 0.6 is 0 Å². The van der Waals surface area contributed by atoms with Gasteiger partial charge in [0.05, 0.1) is 5.57 Å². The number of pyridine rings is 1. The molecule has 3 N–H and O–H groups in total. The first-order valence-corrected chi connectivity index (χ1v) is 8.34. The molecule has 0 aliphatic carbocycles. The quantitative estimate of drug-likeness (QED) is 0.692. The van der Waals surface area contributed by atoms with E-state index < -0.39 is 17.3 Å². The minimum atomic E-state index is -0.565. The topological polar surface area (TPSA) is 94.3 Å². The molecule has 3 rings (SSSR count). The molecule has 0 unspecified atom stereocenters. The molecule has 1 aromatic carbocycles. The third-order valence-electron chi connectivity index (χ3n) is 4.09. The van der Waals surface area contributed by atoms with Gasteiger partial charge in [0, 0.05) is 30.0 Å². The Bertz CT molecular complexity index is 995. The van der Waals surface area contributed by atoms with Gasteiger partial charge in [-0.25, -0.2) is 4.39 Å². The number of fused-ring (bicyclic) bond motifs is 1. The average molecular weight is 370 g/mol. The predicted octanol–water partition coefficient (Wildman–Crippen LogP) is 1.30. The molecule has 1 aliphatic rings. The monoisotopic (exact) mass is 370 g/mol. The highest BCUT2D eigenvalue weighted by atomic mass is 19.1. The van der Waals surface area contributed by atoms with E-state index in [0.717, 1.165) is 0 Å². The molecular formula is C19H19FN4O3. The molecule has 0 radical (unpaired) electrons. The van der Waals surface area contributed by atoms with Gasteiger partial charge in [-0.2, -0.15) is 0 Å². The molecule has 1 aliphatic heterocycles. The molecule has 2 amide bonds. The van der Waals surface area contributed by atoms with E-state index in [-0.39, 0.29) is 17.0 Å². The number of rotatable bonds is 5. The number of carbonyl (C=O) groups excluding carboxylic acids is 2. The van der Waals surface area contributed by atoms with Gasteiger partial charge >= 0.3 is 0 Å². The van der Waals surface area contributed by atoms with E-state index in [0.29, 0.717) is 30.0 Å². The smallest absolute Gasteiger partial charge is 0.261 e. The molecule has 0 atom stereocenters. The number of likely N-dealkylation sites (N-methyl/N-ethyl adjacent to an activating group) is 1. The molecule has 0 spiro atoms. The Kier molecular flexibility index (Phi) is 5.18. The summed E-state index contributed by atoms with van der Waals surface area (Å²) in [5.41, 5.74) is 0.927. The van der Waals surface area contributed by atoms with Crippen molar-refractivity contribution in [1.82, 2.24) is 15.2 Å². The van der Waals surface area contributed by atoms with Gasteiger partial charge in [0.1, 0.15) is 11.4 Å². The van der Waals surface area contributed by atoms with E-state index >= 15 is 0 Å². The fraction of sp³-hybridized carbons (Fsp3) is 0.211. The summed E-state index contributed by atoms with van der Waals surface area (Å²) in [5, 5.41) is 5.31. The second-order valence-electron chi connectivity index (χ2n) is 6.42. The SMILES string of the molecule is CN(C)CCNC(=O)c1ccc(/C=C2\C(=O)Nc3ccc(F)cc32)[nH]c1=O. The van der Waals surface area contributed by atoms with Crippen LogP contribution in [0.25, 0.3) is 11.6 Å². The maximum Gasteiger partial charge on any atom is 0.261 e. The second kappa shape index (κ2) is 7.55. The van der Waals surface area contributed by atoms with Crippen molar-refractivity contribution in [2.75, 3.05) is 32.5 Å². The molecule has 2 heterocycles. The molecule has 7 nitrogen and oxygen atoms in total. The minimum Gasteiger partial charge on any atom is -0.351 e. The molecule has 0 fully saturated rings. The zero-order valence-corrected chi connectivity index (χ0v) is 14.9. The number of amides is 2. The highest BCUT2D eigenvalue weighted by Gasteiger charge is 2.24. The zero-order valence-electron chi connectivity index (χ0n) is 14.9. The van der Waals surface area contributed by atoms with Crippen LogP contribution in [-0.4, -0.2) is 48.9 Å². The first-order valence-electron chi connectivity index (χ1n) is 8.34. The number of aromatic nitrogens is 1. The summed E-state index contributed by atoms with van der Waals surface area (Å²) < 4.78 is 13.5. The van der Waals surface area contributed by atoms with Crippen LogP contribution in [-0.2, 0) is 4.79 Å². The maximum absolute atomic E-state index is 13.5. The summed E-state index contributed by atoms with van der Waals surface area (Å²) in [6.45, 7) is 1.07. The summed E-state index contributed by atoms with van der Waals surface area (Å²) >= 11 is 0. The number of halogens is 1. The Morgan fingerprint density at radius 1 is 1.22 bits per heavy atom. The first kappa shape index (κ1) is 18.5. The second-order valence-corrected chi connectivity index (χ2v) is 6.42. The van der Waals surface area contributed by atoms with Crippen LogP contribution in [0.2, 0.25) is 0 Å².